The molecule has 0 fully saturated rings. The van der Waals surface area contributed by atoms with Crippen molar-refractivity contribution in [2.45, 2.75) is 13.2 Å². The van der Waals surface area contributed by atoms with E-state index in [0.717, 1.165) is 16.9 Å². The molecule has 1 N–H and O–H groups in total. The Balaban J connectivity index is 1.50. The maximum atomic E-state index is 11.9. The minimum atomic E-state index is -0.245. The highest BCUT2D eigenvalue weighted by molar-refractivity contribution is 9.10. The fourth-order valence-corrected chi connectivity index (χ4v) is 2.46. The highest BCUT2D eigenvalue weighted by Gasteiger charge is 2.09. The molecular weight excluding hydrogens is 370 g/mol. The third-order valence-electron chi connectivity index (χ3n) is 3.42. The zero-order chi connectivity index (χ0) is 16.8. The van der Waals surface area contributed by atoms with Crippen molar-refractivity contribution in [1.29, 1.82) is 0 Å². The largest absolute Gasteiger partial charge is 0.489 e. The number of ether oxygens (including phenoxy) is 1. The Morgan fingerprint density at radius 3 is 2.38 bits per heavy atom. The van der Waals surface area contributed by atoms with Crippen LogP contribution in [0.4, 0.5) is 0 Å². The summed E-state index contributed by atoms with van der Waals surface area (Å²) in [4.78, 5) is 11.9. The van der Waals surface area contributed by atoms with E-state index in [1.165, 1.54) is 0 Å². The average Bonchev–Trinajstić information content (AvgIpc) is 3.06. The van der Waals surface area contributed by atoms with Crippen LogP contribution in [-0.2, 0) is 13.2 Å². The van der Waals surface area contributed by atoms with Crippen molar-refractivity contribution in [3.8, 4) is 5.75 Å². The van der Waals surface area contributed by atoms with Crippen LogP contribution < -0.4 is 10.1 Å². The normalized spacial score (nSPS) is 10.4. The van der Waals surface area contributed by atoms with Gasteiger partial charge in [-0.3, -0.25) is 4.79 Å². The molecule has 0 aliphatic heterocycles. The van der Waals surface area contributed by atoms with E-state index in [-0.39, 0.29) is 11.7 Å². The lowest BCUT2D eigenvalue weighted by Crippen LogP contribution is -2.22. The van der Waals surface area contributed by atoms with Crippen molar-refractivity contribution in [2.24, 2.45) is 0 Å². The molecule has 0 saturated heterocycles. The minimum absolute atomic E-state index is 0.245. The van der Waals surface area contributed by atoms with Gasteiger partial charge < -0.3 is 14.5 Å². The summed E-state index contributed by atoms with van der Waals surface area (Å²) in [6.07, 6.45) is 0. The number of amides is 1. The van der Waals surface area contributed by atoms with Gasteiger partial charge in [-0.15, -0.1) is 0 Å². The Bertz CT molecular complexity index is 797. The van der Waals surface area contributed by atoms with Crippen molar-refractivity contribution < 1.29 is 13.9 Å². The molecule has 3 rings (SSSR count). The smallest absolute Gasteiger partial charge is 0.287 e. The Morgan fingerprint density at radius 1 is 0.958 bits per heavy atom. The second-order valence-corrected chi connectivity index (χ2v) is 5.99. The second-order valence-electron chi connectivity index (χ2n) is 5.20. The van der Waals surface area contributed by atoms with Crippen LogP contribution in [0.25, 0.3) is 0 Å². The zero-order valence-electron chi connectivity index (χ0n) is 12.9. The first-order valence-electron chi connectivity index (χ1n) is 7.50. The molecule has 0 spiro atoms. The summed E-state index contributed by atoms with van der Waals surface area (Å²) in [6, 6.07) is 21.0. The number of rotatable bonds is 6. The van der Waals surface area contributed by atoms with Gasteiger partial charge in [-0.1, -0.05) is 42.5 Å². The standard InChI is InChI=1S/C19H16BrNO3/c20-18-11-10-17(24-18)19(22)21-12-14-6-8-16(9-7-14)23-13-15-4-2-1-3-5-15/h1-11H,12-13H2,(H,21,22). The Labute approximate surface area is 148 Å². The van der Waals surface area contributed by atoms with E-state index < -0.39 is 0 Å². The predicted octanol–water partition coefficient (Wildman–Crippen LogP) is 4.55. The maximum absolute atomic E-state index is 11.9. The summed E-state index contributed by atoms with van der Waals surface area (Å²) in [5.41, 5.74) is 2.11. The lowest BCUT2D eigenvalue weighted by molar-refractivity contribution is 0.0922. The van der Waals surface area contributed by atoms with Crippen LogP contribution in [0.2, 0.25) is 0 Å². The summed E-state index contributed by atoms with van der Waals surface area (Å²) in [7, 11) is 0. The fourth-order valence-electron chi connectivity index (χ4n) is 2.15. The van der Waals surface area contributed by atoms with Gasteiger partial charge in [0.05, 0.1) is 0 Å². The van der Waals surface area contributed by atoms with Crippen molar-refractivity contribution in [2.75, 3.05) is 0 Å². The van der Waals surface area contributed by atoms with E-state index >= 15 is 0 Å². The topological polar surface area (TPSA) is 51.5 Å². The van der Waals surface area contributed by atoms with Crippen LogP contribution >= 0.6 is 15.9 Å². The van der Waals surface area contributed by atoms with Gasteiger partial charge in [-0.05, 0) is 51.3 Å². The molecule has 3 aromatic rings. The quantitative estimate of drug-likeness (QED) is 0.676. The predicted molar refractivity (Wildman–Crippen MR) is 94.8 cm³/mol. The summed E-state index contributed by atoms with van der Waals surface area (Å²) in [5, 5.41) is 2.81. The number of halogens is 1. The first kappa shape index (κ1) is 16.3. The molecule has 1 amide bonds. The van der Waals surface area contributed by atoms with Crippen LogP contribution in [0.3, 0.4) is 0 Å². The lowest BCUT2D eigenvalue weighted by atomic mass is 10.2. The van der Waals surface area contributed by atoms with Crippen molar-refractivity contribution in [1.82, 2.24) is 5.32 Å². The summed E-state index contributed by atoms with van der Waals surface area (Å²) >= 11 is 3.18. The second kappa shape index (κ2) is 7.84. The van der Waals surface area contributed by atoms with Gasteiger partial charge in [-0.25, -0.2) is 0 Å². The highest BCUT2D eigenvalue weighted by Crippen LogP contribution is 2.16. The molecule has 2 aromatic carbocycles. The van der Waals surface area contributed by atoms with Crippen LogP contribution in [0, 0.1) is 0 Å². The van der Waals surface area contributed by atoms with Crippen molar-refractivity contribution in [3.63, 3.8) is 0 Å². The SMILES string of the molecule is O=C(NCc1ccc(OCc2ccccc2)cc1)c1ccc(Br)o1. The van der Waals surface area contributed by atoms with Gasteiger partial charge in [0.1, 0.15) is 12.4 Å². The highest BCUT2D eigenvalue weighted by atomic mass is 79.9. The van der Waals surface area contributed by atoms with Gasteiger partial charge in [0.2, 0.25) is 0 Å². The number of nitrogens with one attached hydrogen (secondary N) is 1. The third kappa shape index (κ3) is 4.49. The number of hydrogen-bond acceptors (Lipinski definition) is 3. The summed E-state index contributed by atoms with van der Waals surface area (Å²) < 4.78 is 11.5. The molecule has 0 radical (unpaired) electrons. The molecule has 0 unspecified atom stereocenters. The first-order valence-corrected chi connectivity index (χ1v) is 8.29. The summed E-state index contributed by atoms with van der Waals surface area (Å²) in [6.45, 7) is 0.959. The number of carbonyl (C=O) groups is 1. The number of carbonyl (C=O) groups excluding carboxylic acids is 1. The molecule has 0 bridgehead atoms. The van der Waals surface area contributed by atoms with Gasteiger partial charge >= 0.3 is 0 Å². The zero-order valence-corrected chi connectivity index (χ0v) is 14.5. The van der Waals surface area contributed by atoms with E-state index in [1.807, 2.05) is 54.6 Å². The van der Waals surface area contributed by atoms with E-state index in [0.29, 0.717) is 17.8 Å². The van der Waals surface area contributed by atoms with Gasteiger partial charge in [0.25, 0.3) is 5.91 Å². The van der Waals surface area contributed by atoms with Gasteiger partial charge in [0.15, 0.2) is 10.4 Å². The molecular formula is C19H16BrNO3. The van der Waals surface area contributed by atoms with Gasteiger partial charge in [-0.2, -0.15) is 0 Å². The van der Waals surface area contributed by atoms with Crippen LogP contribution in [-0.4, -0.2) is 5.91 Å². The fraction of sp³-hybridized carbons (Fsp3) is 0.105. The number of benzene rings is 2. The molecule has 1 heterocycles. The molecule has 0 aliphatic carbocycles. The van der Waals surface area contributed by atoms with Crippen LogP contribution in [0.15, 0.2) is 75.8 Å². The third-order valence-corrected chi connectivity index (χ3v) is 3.85. The monoisotopic (exact) mass is 385 g/mol. The molecule has 0 atom stereocenters. The average molecular weight is 386 g/mol. The Morgan fingerprint density at radius 2 is 1.71 bits per heavy atom. The van der Waals surface area contributed by atoms with E-state index in [2.05, 4.69) is 21.2 Å². The minimum Gasteiger partial charge on any atom is -0.489 e. The lowest BCUT2D eigenvalue weighted by Gasteiger charge is -2.08. The summed E-state index contributed by atoms with van der Waals surface area (Å²) in [5.74, 6) is 0.832. The van der Waals surface area contributed by atoms with E-state index in [4.69, 9.17) is 9.15 Å². The maximum Gasteiger partial charge on any atom is 0.287 e. The van der Waals surface area contributed by atoms with E-state index in [1.54, 1.807) is 12.1 Å². The molecule has 24 heavy (non-hydrogen) atoms. The van der Waals surface area contributed by atoms with Crippen LogP contribution in [0.5, 0.6) is 5.75 Å². The van der Waals surface area contributed by atoms with Crippen molar-refractivity contribution >= 4 is 21.8 Å². The number of furan rings is 1. The molecule has 4 nitrogen and oxygen atoms in total. The Kier molecular flexibility index (Phi) is 5.33. The molecule has 5 heteroatoms. The van der Waals surface area contributed by atoms with Crippen LogP contribution in [0.1, 0.15) is 21.7 Å². The molecule has 0 aliphatic rings. The first-order chi connectivity index (χ1) is 11.7. The van der Waals surface area contributed by atoms with Crippen molar-refractivity contribution in [3.05, 3.63) is 88.3 Å². The van der Waals surface area contributed by atoms with E-state index in [9.17, 15) is 4.79 Å². The molecule has 1 aromatic heterocycles. The number of hydrogen-bond donors (Lipinski definition) is 1. The molecule has 0 saturated carbocycles. The van der Waals surface area contributed by atoms with Gasteiger partial charge in [0, 0.05) is 6.54 Å². The Hall–Kier alpha value is -2.53. The molecule has 122 valence electrons.